The van der Waals surface area contributed by atoms with Crippen molar-refractivity contribution in [2.45, 2.75) is 6.10 Å². The minimum Gasteiger partial charge on any atom is -0.476 e. The largest absolute Gasteiger partial charge is 0.476 e. The molecule has 0 fully saturated rings. The zero-order valence-electron chi connectivity index (χ0n) is 12.9. The molecule has 0 radical (unpaired) electrons. The van der Waals surface area contributed by atoms with Crippen molar-refractivity contribution in [2.24, 2.45) is 0 Å². The average Bonchev–Trinajstić information content (AvgIpc) is 2.67. The first-order chi connectivity index (χ1) is 11.8. The van der Waals surface area contributed by atoms with Gasteiger partial charge in [0.15, 0.2) is 6.10 Å². The lowest BCUT2D eigenvalue weighted by Crippen LogP contribution is -2.19. The molecule has 1 unspecified atom stereocenters. The molecule has 0 saturated heterocycles. The van der Waals surface area contributed by atoms with E-state index >= 15 is 0 Å². The molecule has 0 N–H and O–H groups in total. The molecule has 0 aliphatic carbocycles. The number of hydrogen-bond donors (Lipinski definition) is 0. The highest BCUT2D eigenvalue weighted by molar-refractivity contribution is 6.00. The quantitative estimate of drug-likeness (QED) is 0.649. The minimum absolute atomic E-state index is 0.144. The Morgan fingerprint density at radius 1 is 0.833 bits per heavy atom. The molecule has 0 saturated carbocycles. The summed E-state index contributed by atoms with van der Waals surface area (Å²) >= 11 is 0. The highest BCUT2D eigenvalue weighted by atomic mass is 16.5. The van der Waals surface area contributed by atoms with Crippen molar-refractivity contribution in [3.05, 3.63) is 102 Å². The van der Waals surface area contributed by atoms with Gasteiger partial charge < -0.3 is 4.74 Å². The second-order valence-corrected chi connectivity index (χ2v) is 5.25. The van der Waals surface area contributed by atoms with Gasteiger partial charge in [0, 0.05) is 11.1 Å². The van der Waals surface area contributed by atoms with Crippen LogP contribution in [0.25, 0.3) is 0 Å². The maximum Gasteiger partial charge on any atom is 0.207 e. The van der Waals surface area contributed by atoms with E-state index in [-0.39, 0.29) is 5.78 Å². The molecule has 3 heteroatoms. The summed E-state index contributed by atoms with van der Waals surface area (Å²) in [7, 11) is 0. The Hall–Kier alpha value is -3.38. The zero-order valence-corrected chi connectivity index (χ0v) is 12.9. The van der Waals surface area contributed by atoms with Crippen LogP contribution in [0.3, 0.4) is 0 Å². The van der Waals surface area contributed by atoms with Crippen molar-refractivity contribution >= 4 is 5.78 Å². The first kappa shape index (κ1) is 15.5. The van der Waals surface area contributed by atoms with Crippen LogP contribution in [-0.2, 0) is 0 Å². The number of Topliss-reactive ketones (excluding diaryl/α,β-unsaturated/α-hetero) is 1. The van der Waals surface area contributed by atoms with Crippen molar-refractivity contribution in [2.75, 3.05) is 0 Å². The Bertz CT molecular complexity index is 867. The molecule has 3 rings (SSSR count). The molecule has 0 bridgehead atoms. The highest BCUT2D eigenvalue weighted by Gasteiger charge is 2.24. The van der Waals surface area contributed by atoms with Crippen LogP contribution < -0.4 is 4.74 Å². The van der Waals surface area contributed by atoms with Crippen molar-refractivity contribution in [3.63, 3.8) is 0 Å². The monoisotopic (exact) mass is 313 g/mol. The van der Waals surface area contributed by atoms with Crippen molar-refractivity contribution in [3.8, 4) is 11.8 Å². The predicted octanol–water partition coefficient (Wildman–Crippen LogP) is 4.56. The third-order valence-electron chi connectivity index (χ3n) is 3.65. The van der Waals surface area contributed by atoms with E-state index < -0.39 is 6.10 Å². The van der Waals surface area contributed by atoms with Gasteiger partial charge in [0.25, 0.3) is 0 Å². The summed E-state index contributed by atoms with van der Waals surface area (Å²) in [4.78, 5) is 12.9. The van der Waals surface area contributed by atoms with E-state index in [1.54, 1.807) is 36.4 Å². The van der Waals surface area contributed by atoms with Gasteiger partial charge in [0.2, 0.25) is 5.78 Å². The molecule has 116 valence electrons. The zero-order chi connectivity index (χ0) is 16.8. The molecule has 0 aromatic heterocycles. The van der Waals surface area contributed by atoms with Crippen molar-refractivity contribution in [1.29, 1.82) is 5.26 Å². The molecule has 0 aliphatic heterocycles. The third kappa shape index (κ3) is 3.34. The fraction of sp³-hybridized carbons (Fsp3) is 0.0476. The molecule has 3 nitrogen and oxygen atoms in total. The molecular weight excluding hydrogens is 298 g/mol. The van der Waals surface area contributed by atoms with Crippen molar-refractivity contribution in [1.82, 2.24) is 0 Å². The predicted molar refractivity (Wildman–Crippen MR) is 91.7 cm³/mol. The number of ketones is 1. The minimum atomic E-state index is -0.803. The molecule has 0 spiro atoms. The summed E-state index contributed by atoms with van der Waals surface area (Å²) in [6.45, 7) is 0. The Morgan fingerprint density at radius 2 is 1.42 bits per heavy atom. The Labute approximate surface area is 140 Å². The van der Waals surface area contributed by atoms with Crippen LogP contribution in [-0.4, -0.2) is 5.78 Å². The van der Waals surface area contributed by atoms with Crippen LogP contribution in [0.15, 0.2) is 84.9 Å². The number of carbonyl (C=O) groups is 1. The van der Waals surface area contributed by atoms with Gasteiger partial charge in [-0.05, 0) is 12.1 Å². The van der Waals surface area contributed by atoms with Gasteiger partial charge >= 0.3 is 0 Å². The number of rotatable bonds is 5. The smallest absolute Gasteiger partial charge is 0.207 e. The highest BCUT2D eigenvalue weighted by Crippen LogP contribution is 2.27. The van der Waals surface area contributed by atoms with Crippen LogP contribution in [0.4, 0.5) is 0 Å². The van der Waals surface area contributed by atoms with Gasteiger partial charge in [-0.25, -0.2) is 0 Å². The van der Waals surface area contributed by atoms with Crippen LogP contribution >= 0.6 is 0 Å². The van der Waals surface area contributed by atoms with Crippen molar-refractivity contribution < 1.29 is 9.53 Å². The second kappa shape index (κ2) is 7.26. The standard InChI is InChI=1S/C21H15NO2/c22-15-18-13-7-8-14-19(18)24-21(17-11-5-2-6-12-17)20(23)16-9-3-1-4-10-16/h1-14,21H. The van der Waals surface area contributed by atoms with Crippen LogP contribution in [0.2, 0.25) is 0 Å². The molecular formula is C21H15NO2. The average molecular weight is 313 g/mol. The number of nitrogens with zero attached hydrogens (tertiary/aromatic N) is 1. The summed E-state index contributed by atoms with van der Waals surface area (Å²) in [6, 6.07) is 27.3. The summed E-state index contributed by atoms with van der Waals surface area (Å²) in [5.41, 5.74) is 1.72. The van der Waals surface area contributed by atoms with E-state index in [1.807, 2.05) is 48.5 Å². The summed E-state index contributed by atoms with van der Waals surface area (Å²) < 4.78 is 5.97. The number of para-hydroxylation sites is 1. The Balaban J connectivity index is 2.00. The fourth-order valence-corrected chi connectivity index (χ4v) is 2.44. The molecule has 0 amide bonds. The van der Waals surface area contributed by atoms with Gasteiger partial charge in [-0.2, -0.15) is 5.26 Å². The molecule has 1 atom stereocenters. The lowest BCUT2D eigenvalue weighted by Gasteiger charge is -2.19. The van der Waals surface area contributed by atoms with Gasteiger partial charge in [0.05, 0.1) is 5.56 Å². The molecule has 24 heavy (non-hydrogen) atoms. The topological polar surface area (TPSA) is 50.1 Å². The van der Waals surface area contributed by atoms with Gasteiger partial charge in [0.1, 0.15) is 11.8 Å². The molecule has 0 heterocycles. The van der Waals surface area contributed by atoms with Crippen LogP contribution in [0.5, 0.6) is 5.75 Å². The maximum atomic E-state index is 12.9. The normalized spacial score (nSPS) is 11.3. The summed E-state index contributed by atoms with van der Waals surface area (Å²) in [5.74, 6) is 0.257. The lowest BCUT2D eigenvalue weighted by atomic mass is 9.99. The summed E-state index contributed by atoms with van der Waals surface area (Å²) in [5, 5.41) is 9.24. The van der Waals surface area contributed by atoms with E-state index in [0.29, 0.717) is 16.9 Å². The van der Waals surface area contributed by atoms with Crippen LogP contribution in [0, 0.1) is 11.3 Å². The fourth-order valence-electron chi connectivity index (χ4n) is 2.44. The number of hydrogen-bond acceptors (Lipinski definition) is 3. The maximum absolute atomic E-state index is 12.9. The second-order valence-electron chi connectivity index (χ2n) is 5.25. The van der Waals surface area contributed by atoms with E-state index in [9.17, 15) is 10.1 Å². The van der Waals surface area contributed by atoms with Gasteiger partial charge in [-0.1, -0.05) is 72.8 Å². The first-order valence-electron chi connectivity index (χ1n) is 7.59. The lowest BCUT2D eigenvalue weighted by molar-refractivity contribution is 0.0792. The van der Waals surface area contributed by atoms with E-state index in [0.717, 1.165) is 5.56 Å². The van der Waals surface area contributed by atoms with Gasteiger partial charge in [-0.3, -0.25) is 4.79 Å². The number of nitriles is 1. The third-order valence-corrected chi connectivity index (χ3v) is 3.65. The Morgan fingerprint density at radius 3 is 2.08 bits per heavy atom. The summed E-state index contributed by atoms with van der Waals surface area (Å²) in [6.07, 6.45) is -0.803. The van der Waals surface area contributed by atoms with E-state index in [4.69, 9.17) is 4.74 Å². The van der Waals surface area contributed by atoms with Crippen LogP contribution in [0.1, 0.15) is 27.6 Å². The Kier molecular flexibility index (Phi) is 4.69. The van der Waals surface area contributed by atoms with Gasteiger partial charge in [-0.15, -0.1) is 0 Å². The SMILES string of the molecule is N#Cc1ccccc1OC(C(=O)c1ccccc1)c1ccccc1. The molecule has 3 aromatic carbocycles. The van der Waals surface area contributed by atoms with E-state index in [1.165, 1.54) is 0 Å². The molecule has 3 aromatic rings. The number of benzene rings is 3. The number of ether oxygens (including phenoxy) is 1. The number of carbonyl (C=O) groups excluding carboxylic acids is 1. The molecule has 0 aliphatic rings. The van der Waals surface area contributed by atoms with E-state index in [2.05, 4.69) is 6.07 Å². The first-order valence-corrected chi connectivity index (χ1v) is 7.59.